The highest BCUT2D eigenvalue weighted by Crippen LogP contribution is 2.36. The molecule has 0 aliphatic carbocycles. The summed E-state index contributed by atoms with van der Waals surface area (Å²) in [5.74, 6) is 0.526. The number of thiazole rings is 1. The van der Waals surface area contributed by atoms with Crippen LogP contribution in [0.2, 0.25) is 0 Å². The maximum atomic E-state index is 13.3. The SMILES string of the molecule is C=C(C)[C@@H]1CN=C2N(Cc3cnc(C)s3)C(=O)c3cc(S(C)=O)ccc3N21. The van der Waals surface area contributed by atoms with Crippen LogP contribution in [0.4, 0.5) is 5.69 Å². The molecule has 2 aliphatic rings. The smallest absolute Gasteiger partial charge is 0.263 e. The summed E-state index contributed by atoms with van der Waals surface area (Å²) >= 11 is 1.57. The summed E-state index contributed by atoms with van der Waals surface area (Å²) in [4.78, 5) is 27.7. The van der Waals surface area contributed by atoms with E-state index in [1.165, 1.54) is 0 Å². The van der Waals surface area contributed by atoms with Gasteiger partial charge in [0.15, 0.2) is 0 Å². The van der Waals surface area contributed by atoms with Crippen LogP contribution in [0.5, 0.6) is 0 Å². The van der Waals surface area contributed by atoms with Gasteiger partial charge in [0.1, 0.15) is 0 Å². The second kappa shape index (κ2) is 6.69. The fourth-order valence-electron chi connectivity index (χ4n) is 3.42. The number of nitrogens with zero attached hydrogens (tertiary/aromatic N) is 4. The lowest BCUT2D eigenvalue weighted by molar-refractivity contribution is 0.0834. The molecule has 0 radical (unpaired) electrons. The van der Waals surface area contributed by atoms with Gasteiger partial charge in [-0.1, -0.05) is 12.2 Å². The van der Waals surface area contributed by atoms with Gasteiger partial charge < -0.3 is 4.90 Å². The van der Waals surface area contributed by atoms with Crippen molar-refractivity contribution in [2.75, 3.05) is 17.7 Å². The number of fused-ring (bicyclic) bond motifs is 3. The van der Waals surface area contributed by atoms with E-state index in [-0.39, 0.29) is 11.9 Å². The van der Waals surface area contributed by atoms with Crippen LogP contribution in [0, 0.1) is 6.92 Å². The lowest BCUT2D eigenvalue weighted by atomic mass is 10.0. The molecule has 2 aliphatic heterocycles. The predicted molar refractivity (Wildman–Crippen MR) is 109 cm³/mol. The van der Waals surface area contributed by atoms with Crippen molar-refractivity contribution in [3.05, 3.63) is 52.0 Å². The number of guanidine groups is 1. The van der Waals surface area contributed by atoms with Gasteiger partial charge >= 0.3 is 0 Å². The Labute approximate surface area is 164 Å². The van der Waals surface area contributed by atoms with Crippen LogP contribution in [0.3, 0.4) is 0 Å². The van der Waals surface area contributed by atoms with Gasteiger partial charge in [0, 0.05) is 33.0 Å². The van der Waals surface area contributed by atoms with Crippen molar-refractivity contribution in [2.45, 2.75) is 31.3 Å². The molecular weight excluding hydrogens is 380 g/mol. The Morgan fingerprint density at radius 2 is 2.22 bits per heavy atom. The van der Waals surface area contributed by atoms with Crippen LogP contribution in [-0.4, -0.2) is 44.8 Å². The Balaban J connectivity index is 1.83. The van der Waals surface area contributed by atoms with Gasteiger partial charge in [0.05, 0.1) is 35.4 Å². The van der Waals surface area contributed by atoms with Gasteiger partial charge in [-0.05, 0) is 32.0 Å². The molecule has 140 valence electrons. The molecule has 0 saturated heterocycles. The molecule has 4 rings (SSSR count). The Bertz CT molecular complexity index is 1010. The van der Waals surface area contributed by atoms with Crippen molar-refractivity contribution < 1.29 is 9.00 Å². The Hall–Kier alpha value is -2.32. The third-order valence-corrected chi connectivity index (χ3v) is 6.58. The van der Waals surface area contributed by atoms with Crippen LogP contribution in [-0.2, 0) is 17.3 Å². The highest BCUT2D eigenvalue weighted by atomic mass is 32.2. The molecule has 3 heterocycles. The van der Waals surface area contributed by atoms with E-state index in [2.05, 4.69) is 21.5 Å². The van der Waals surface area contributed by atoms with E-state index < -0.39 is 10.8 Å². The first kappa shape index (κ1) is 18.1. The van der Waals surface area contributed by atoms with E-state index in [1.807, 2.05) is 26.0 Å². The number of hydrogen-bond acceptors (Lipinski definition) is 6. The maximum Gasteiger partial charge on any atom is 0.263 e. The summed E-state index contributed by atoms with van der Waals surface area (Å²) in [6.45, 7) is 9.01. The summed E-state index contributed by atoms with van der Waals surface area (Å²) in [6, 6.07) is 5.43. The minimum Gasteiger partial charge on any atom is -0.302 e. The number of aliphatic imine (C=N–C) groups is 1. The average molecular weight is 401 g/mol. The summed E-state index contributed by atoms with van der Waals surface area (Å²) in [5.41, 5.74) is 2.34. The Morgan fingerprint density at radius 3 is 2.85 bits per heavy atom. The molecule has 8 heteroatoms. The molecular formula is C19H20N4O2S2. The first-order valence-corrected chi connectivity index (χ1v) is 10.9. The standard InChI is InChI=1S/C19H20N4O2S2/c1-11(2)17-9-21-19-22(10-13-8-20-12(3)26-13)18(24)15-7-14(27(4)25)5-6-16(15)23(17)19/h5-8,17H,1,9-10H2,2-4H3/t17-,27?/m0/s1. The largest absolute Gasteiger partial charge is 0.302 e. The molecule has 6 nitrogen and oxygen atoms in total. The first-order valence-electron chi connectivity index (χ1n) is 8.56. The Morgan fingerprint density at radius 1 is 1.44 bits per heavy atom. The molecule has 0 saturated carbocycles. The number of aromatic nitrogens is 1. The number of hydrogen-bond donors (Lipinski definition) is 0. The van der Waals surface area contributed by atoms with E-state index in [9.17, 15) is 9.00 Å². The van der Waals surface area contributed by atoms with Gasteiger partial charge in [-0.15, -0.1) is 11.3 Å². The van der Waals surface area contributed by atoms with E-state index in [0.29, 0.717) is 29.5 Å². The van der Waals surface area contributed by atoms with Gasteiger partial charge in [-0.25, -0.2) is 9.98 Å². The van der Waals surface area contributed by atoms with E-state index in [1.54, 1.807) is 34.8 Å². The molecule has 0 bridgehead atoms. The second-order valence-corrected chi connectivity index (χ2v) is 9.44. The Kier molecular flexibility index (Phi) is 4.47. The number of anilines is 1. The fraction of sp³-hybridized carbons (Fsp3) is 0.316. The van der Waals surface area contributed by atoms with Gasteiger partial charge in [-0.3, -0.25) is 13.9 Å². The third-order valence-electron chi connectivity index (χ3n) is 4.76. The maximum absolute atomic E-state index is 13.3. The summed E-state index contributed by atoms with van der Waals surface area (Å²) < 4.78 is 11.9. The molecule has 1 aromatic carbocycles. The fourth-order valence-corrected chi connectivity index (χ4v) is 4.75. The van der Waals surface area contributed by atoms with Crippen molar-refractivity contribution in [2.24, 2.45) is 4.99 Å². The van der Waals surface area contributed by atoms with Crippen LogP contribution >= 0.6 is 11.3 Å². The number of amides is 1. The molecule has 2 aromatic rings. The van der Waals surface area contributed by atoms with Crippen molar-refractivity contribution in [1.82, 2.24) is 9.88 Å². The molecule has 1 amide bonds. The number of benzene rings is 1. The topological polar surface area (TPSA) is 65.9 Å². The predicted octanol–water partition coefficient (Wildman–Crippen LogP) is 2.97. The number of aryl methyl sites for hydroxylation is 1. The number of carbonyl (C=O) groups is 1. The summed E-state index contributed by atoms with van der Waals surface area (Å²) in [7, 11) is -1.16. The van der Waals surface area contributed by atoms with Gasteiger partial charge in [-0.2, -0.15) is 0 Å². The van der Waals surface area contributed by atoms with Crippen LogP contribution in [0.1, 0.15) is 27.2 Å². The average Bonchev–Trinajstić information content (AvgIpc) is 3.24. The highest BCUT2D eigenvalue weighted by molar-refractivity contribution is 7.84. The third kappa shape index (κ3) is 3.02. The molecule has 2 atom stereocenters. The number of rotatable bonds is 4. The molecule has 1 unspecified atom stereocenters. The quantitative estimate of drug-likeness (QED) is 0.740. The van der Waals surface area contributed by atoms with Crippen LogP contribution < -0.4 is 4.90 Å². The van der Waals surface area contributed by atoms with Crippen molar-refractivity contribution in [3.63, 3.8) is 0 Å². The monoisotopic (exact) mass is 400 g/mol. The zero-order valence-electron chi connectivity index (χ0n) is 15.4. The van der Waals surface area contributed by atoms with E-state index in [0.717, 1.165) is 21.1 Å². The summed E-state index contributed by atoms with van der Waals surface area (Å²) in [6.07, 6.45) is 3.42. The van der Waals surface area contributed by atoms with Crippen LogP contribution in [0.25, 0.3) is 0 Å². The first-order chi connectivity index (χ1) is 12.9. The van der Waals surface area contributed by atoms with Gasteiger partial charge in [0.2, 0.25) is 5.96 Å². The molecule has 0 spiro atoms. The van der Waals surface area contributed by atoms with E-state index in [4.69, 9.17) is 0 Å². The molecule has 1 aromatic heterocycles. The normalized spacial score (nSPS) is 19.6. The minimum absolute atomic E-state index is 0.00974. The van der Waals surface area contributed by atoms with Crippen molar-refractivity contribution in [1.29, 1.82) is 0 Å². The van der Waals surface area contributed by atoms with Crippen LogP contribution in [0.15, 0.2) is 46.4 Å². The number of carbonyl (C=O) groups excluding carboxylic acids is 1. The van der Waals surface area contributed by atoms with E-state index >= 15 is 0 Å². The minimum atomic E-state index is -1.16. The van der Waals surface area contributed by atoms with Gasteiger partial charge in [0.25, 0.3) is 5.91 Å². The van der Waals surface area contributed by atoms with Crippen molar-refractivity contribution in [3.8, 4) is 0 Å². The van der Waals surface area contributed by atoms with Crippen molar-refractivity contribution >= 4 is 39.7 Å². The zero-order chi connectivity index (χ0) is 19.3. The lowest BCUT2D eigenvalue weighted by Gasteiger charge is -2.38. The second-order valence-electron chi connectivity index (χ2n) is 6.74. The zero-order valence-corrected chi connectivity index (χ0v) is 17.1. The molecule has 0 fully saturated rings. The molecule has 0 N–H and O–H groups in total. The molecule has 27 heavy (non-hydrogen) atoms. The lowest BCUT2D eigenvalue weighted by Crippen LogP contribution is -2.52. The summed E-state index contributed by atoms with van der Waals surface area (Å²) in [5, 5.41) is 0.962. The highest BCUT2D eigenvalue weighted by Gasteiger charge is 2.42.